The molecule has 4 heterocycles. The molecule has 0 spiro atoms. The SMILES string of the molecule is CCCCCC(C)CC.COc1nc2c(c(N3CC4CCC(C3)N4)n1)CCN(c1c(O)cccc1F)C2. The fourth-order valence-corrected chi connectivity index (χ4v) is 5.67. The summed E-state index contributed by atoms with van der Waals surface area (Å²) in [5, 5.41) is 13.8. The van der Waals surface area contributed by atoms with Gasteiger partial charge in [-0.15, -0.1) is 0 Å². The predicted octanol–water partition coefficient (Wildman–Crippen LogP) is 5.45. The lowest BCUT2D eigenvalue weighted by Gasteiger charge is -2.37. The van der Waals surface area contributed by atoms with Crippen molar-refractivity contribution in [1.82, 2.24) is 15.3 Å². The van der Waals surface area contributed by atoms with Crippen molar-refractivity contribution in [3.8, 4) is 11.8 Å². The molecule has 0 radical (unpaired) electrons. The van der Waals surface area contributed by atoms with Crippen LogP contribution < -0.4 is 19.9 Å². The second-order valence-electron chi connectivity index (χ2n) is 10.8. The minimum Gasteiger partial charge on any atom is -0.506 e. The first-order valence-electron chi connectivity index (χ1n) is 14.1. The molecule has 2 bridgehead atoms. The smallest absolute Gasteiger partial charge is 0.318 e. The molecule has 2 aromatic rings. The number of aromatic nitrogens is 2. The summed E-state index contributed by atoms with van der Waals surface area (Å²) in [4.78, 5) is 13.4. The number of unbranched alkanes of at least 4 members (excludes halogenated alkanes) is 2. The van der Waals surface area contributed by atoms with Gasteiger partial charge >= 0.3 is 6.01 Å². The van der Waals surface area contributed by atoms with Gasteiger partial charge in [0.2, 0.25) is 0 Å². The Labute approximate surface area is 221 Å². The van der Waals surface area contributed by atoms with Gasteiger partial charge in [-0.2, -0.15) is 9.97 Å². The number of benzene rings is 1. The molecule has 8 heteroatoms. The number of piperazine rings is 1. The van der Waals surface area contributed by atoms with Crippen molar-refractivity contribution in [2.24, 2.45) is 5.92 Å². The first kappa shape index (κ1) is 27.4. The zero-order valence-electron chi connectivity index (χ0n) is 23.0. The zero-order chi connectivity index (χ0) is 26.4. The number of ether oxygens (including phenoxy) is 1. The van der Waals surface area contributed by atoms with Crippen LogP contribution in [-0.2, 0) is 13.0 Å². The van der Waals surface area contributed by atoms with E-state index in [1.807, 2.05) is 4.90 Å². The van der Waals surface area contributed by atoms with Gasteiger partial charge in [0.1, 0.15) is 23.1 Å². The molecule has 2 N–H and O–H groups in total. The molecule has 37 heavy (non-hydrogen) atoms. The van der Waals surface area contributed by atoms with Gasteiger partial charge in [-0.1, -0.05) is 58.9 Å². The van der Waals surface area contributed by atoms with E-state index >= 15 is 0 Å². The number of nitrogens with zero attached hydrogens (tertiary/aromatic N) is 4. The third-order valence-electron chi connectivity index (χ3n) is 8.00. The summed E-state index contributed by atoms with van der Waals surface area (Å²) in [6, 6.07) is 5.73. The number of nitrogens with one attached hydrogen (secondary N) is 1. The lowest BCUT2D eigenvalue weighted by atomic mass is 10.0. The van der Waals surface area contributed by atoms with Crippen LogP contribution in [-0.4, -0.2) is 53.9 Å². The van der Waals surface area contributed by atoms with Crippen molar-refractivity contribution in [3.63, 3.8) is 0 Å². The molecule has 204 valence electrons. The minimum atomic E-state index is -0.427. The summed E-state index contributed by atoms with van der Waals surface area (Å²) in [7, 11) is 1.57. The van der Waals surface area contributed by atoms with E-state index in [0.717, 1.165) is 36.1 Å². The molecule has 7 nitrogen and oxygen atoms in total. The summed E-state index contributed by atoms with van der Waals surface area (Å²) in [6.07, 6.45) is 10.1. The zero-order valence-corrected chi connectivity index (χ0v) is 23.0. The number of aromatic hydroxyl groups is 1. The standard InChI is InChI=1S/C20H24FN5O2.C9H20/c1-28-20-23-16-11-25(18-15(21)3-2-4-17(18)27)8-7-14(16)19(24-20)26-9-12-5-6-13(10-26)22-12;1-4-6-7-8-9(3)5-2/h2-4,12-13,22,27H,5-11H2,1H3;9H,4-8H2,1-3H3. The van der Waals surface area contributed by atoms with E-state index < -0.39 is 5.82 Å². The lowest BCUT2D eigenvalue weighted by Crippen LogP contribution is -2.52. The van der Waals surface area contributed by atoms with Crippen LogP contribution in [0.25, 0.3) is 0 Å². The van der Waals surface area contributed by atoms with Crippen molar-refractivity contribution in [1.29, 1.82) is 0 Å². The van der Waals surface area contributed by atoms with E-state index in [2.05, 4.69) is 41.0 Å². The highest BCUT2D eigenvalue weighted by Gasteiger charge is 2.35. The molecule has 2 saturated heterocycles. The van der Waals surface area contributed by atoms with Gasteiger partial charge in [-0.3, -0.25) is 0 Å². The van der Waals surface area contributed by atoms with Crippen molar-refractivity contribution in [2.75, 3.05) is 36.5 Å². The van der Waals surface area contributed by atoms with Crippen LogP contribution in [0.1, 0.15) is 77.0 Å². The molecule has 1 aromatic heterocycles. The summed E-state index contributed by atoms with van der Waals surface area (Å²) in [6.45, 7) is 9.75. The van der Waals surface area contributed by atoms with Gasteiger partial charge in [-0.05, 0) is 37.3 Å². The van der Waals surface area contributed by atoms with Crippen molar-refractivity contribution >= 4 is 11.5 Å². The minimum absolute atomic E-state index is 0.0524. The van der Waals surface area contributed by atoms with E-state index in [4.69, 9.17) is 4.74 Å². The van der Waals surface area contributed by atoms with Crippen LogP contribution in [0.3, 0.4) is 0 Å². The van der Waals surface area contributed by atoms with E-state index in [0.29, 0.717) is 37.6 Å². The highest BCUT2D eigenvalue weighted by atomic mass is 19.1. The van der Waals surface area contributed by atoms with Gasteiger partial charge in [0, 0.05) is 37.3 Å². The number of rotatable bonds is 8. The molecular formula is C29H44FN5O2. The number of phenolic OH excluding ortho intramolecular Hbond substituents is 1. The fraction of sp³-hybridized carbons (Fsp3) is 0.655. The molecule has 0 saturated carbocycles. The monoisotopic (exact) mass is 513 g/mol. The number of fused-ring (bicyclic) bond motifs is 3. The Morgan fingerprint density at radius 3 is 2.54 bits per heavy atom. The second kappa shape index (κ2) is 12.8. The first-order chi connectivity index (χ1) is 17.9. The number of phenols is 1. The van der Waals surface area contributed by atoms with Crippen molar-refractivity contribution < 1.29 is 14.2 Å². The second-order valence-corrected chi connectivity index (χ2v) is 10.8. The number of para-hydroxylation sites is 1. The van der Waals surface area contributed by atoms with Crippen molar-refractivity contribution in [3.05, 3.63) is 35.3 Å². The van der Waals surface area contributed by atoms with Crippen LogP contribution in [0.15, 0.2) is 18.2 Å². The molecule has 1 aromatic carbocycles. The van der Waals surface area contributed by atoms with E-state index in [1.54, 1.807) is 7.11 Å². The van der Waals surface area contributed by atoms with E-state index in [9.17, 15) is 9.50 Å². The van der Waals surface area contributed by atoms with Gasteiger partial charge in [0.25, 0.3) is 0 Å². The Morgan fingerprint density at radius 2 is 1.89 bits per heavy atom. The van der Waals surface area contributed by atoms with Gasteiger partial charge in [0.05, 0.1) is 19.3 Å². The maximum absolute atomic E-state index is 14.3. The predicted molar refractivity (Wildman–Crippen MR) is 147 cm³/mol. The number of halogens is 1. The Balaban J connectivity index is 0.000000307. The molecule has 3 aliphatic heterocycles. The van der Waals surface area contributed by atoms with E-state index in [1.165, 1.54) is 63.1 Å². The van der Waals surface area contributed by atoms with Crippen LogP contribution in [0.4, 0.5) is 15.9 Å². The third kappa shape index (κ3) is 6.64. The van der Waals surface area contributed by atoms with Gasteiger partial charge in [0.15, 0.2) is 0 Å². The Bertz CT molecular complexity index is 1000. The number of hydrogen-bond acceptors (Lipinski definition) is 7. The topological polar surface area (TPSA) is 73.8 Å². The molecule has 0 amide bonds. The Kier molecular flexibility index (Phi) is 9.46. The molecule has 5 rings (SSSR count). The highest BCUT2D eigenvalue weighted by molar-refractivity contribution is 5.61. The fourth-order valence-electron chi connectivity index (χ4n) is 5.67. The molecule has 3 aliphatic rings. The highest BCUT2D eigenvalue weighted by Crippen LogP contribution is 2.36. The third-order valence-corrected chi connectivity index (χ3v) is 8.00. The van der Waals surface area contributed by atoms with Gasteiger partial charge in [-0.25, -0.2) is 4.39 Å². The first-order valence-corrected chi connectivity index (χ1v) is 14.1. The maximum Gasteiger partial charge on any atom is 0.318 e. The average Bonchev–Trinajstić information content (AvgIpc) is 3.25. The van der Waals surface area contributed by atoms with E-state index in [-0.39, 0.29) is 11.4 Å². The number of methoxy groups -OCH3 is 1. The Hall–Kier alpha value is -2.61. The van der Waals surface area contributed by atoms with Crippen LogP contribution >= 0.6 is 0 Å². The molecule has 0 aliphatic carbocycles. The molecule has 2 fully saturated rings. The summed E-state index contributed by atoms with van der Waals surface area (Å²) < 4.78 is 19.7. The summed E-state index contributed by atoms with van der Waals surface area (Å²) >= 11 is 0. The summed E-state index contributed by atoms with van der Waals surface area (Å²) in [5.74, 6) is 1.42. The van der Waals surface area contributed by atoms with Crippen molar-refractivity contribution in [2.45, 2.75) is 90.8 Å². The largest absolute Gasteiger partial charge is 0.506 e. The van der Waals surface area contributed by atoms with Gasteiger partial charge < -0.3 is 25.0 Å². The summed E-state index contributed by atoms with van der Waals surface area (Å²) in [5.41, 5.74) is 2.17. The van der Waals surface area contributed by atoms with Crippen LogP contribution in [0.2, 0.25) is 0 Å². The maximum atomic E-state index is 14.3. The quantitative estimate of drug-likeness (QED) is 0.455. The normalized spacial score (nSPS) is 21.2. The lowest BCUT2D eigenvalue weighted by molar-refractivity contribution is 0.374. The molecule has 3 atom stereocenters. The molecule has 3 unspecified atom stereocenters. The Morgan fingerprint density at radius 1 is 1.14 bits per heavy atom. The average molecular weight is 514 g/mol. The van der Waals surface area contributed by atoms with Crippen LogP contribution in [0, 0.1) is 11.7 Å². The van der Waals surface area contributed by atoms with Crippen LogP contribution in [0.5, 0.6) is 11.8 Å². The molecular weight excluding hydrogens is 469 g/mol. The number of anilines is 2. The number of hydrogen-bond donors (Lipinski definition) is 2.